The second-order valence-electron chi connectivity index (χ2n) is 5.96. The Labute approximate surface area is 140 Å². The summed E-state index contributed by atoms with van der Waals surface area (Å²) in [4.78, 5) is 2.14. The van der Waals surface area contributed by atoms with Crippen molar-refractivity contribution >= 4 is 12.2 Å². The lowest BCUT2D eigenvalue weighted by atomic mass is 10.2. The molecule has 1 aliphatic rings. The lowest BCUT2D eigenvalue weighted by Crippen LogP contribution is -2.22. The van der Waals surface area contributed by atoms with E-state index in [4.69, 9.17) is 17.0 Å². The minimum Gasteiger partial charge on any atom is -0.497 e. The van der Waals surface area contributed by atoms with Crippen molar-refractivity contribution in [3.8, 4) is 5.75 Å². The molecule has 0 spiro atoms. The van der Waals surface area contributed by atoms with Crippen molar-refractivity contribution in [1.82, 2.24) is 19.2 Å². The van der Waals surface area contributed by atoms with Crippen molar-refractivity contribution in [1.29, 1.82) is 0 Å². The van der Waals surface area contributed by atoms with Gasteiger partial charge in [0.2, 0.25) is 0 Å². The molecule has 1 aromatic carbocycles. The van der Waals surface area contributed by atoms with Gasteiger partial charge >= 0.3 is 0 Å². The number of rotatable bonds is 7. The van der Waals surface area contributed by atoms with E-state index in [2.05, 4.69) is 22.1 Å². The highest BCUT2D eigenvalue weighted by molar-refractivity contribution is 7.71. The SMILES string of the molecule is COc1ccc(CN(C)Cn2nc(CO)n(C3CC3)c2=S)cc1. The Hall–Kier alpha value is -1.70. The molecule has 7 heteroatoms. The summed E-state index contributed by atoms with van der Waals surface area (Å²) in [6.45, 7) is 1.31. The Morgan fingerprint density at radius 3 is 2.61 bits per heavy atom. The second-order valence-corrected chi connectivity index (χ2v) is 6.33. The largest absolute Gasteiger partial charge is 0.497 e. The number of aliphatic hydroxyl groups is 1. The van der Waals surface area contributed by atoms with Crippen LogP contribution in [0.1, 0.15) is 30.3 Å². The quantitative estimate of drug-likeness (QED) is 0.788. The van der Waals surface area contributed by atoms with Gasteiger partial charge in [0, 0.05) is 12.6 Å². The molecule has 1 N–H and O–H groups in total. The van der Waals surface area contributed by atoms with Crippen molar-refractivity contribution in [2.75, 3.05) is 14.2 Å². The van der Waals surface area contributed by atoms with Gasteiger partial charge in [0.25, 0.3) is 0 Å². The average molecular weight is 334 g/mol. The van der Waals surface area contributed by atoms with Crippen LogP contribution >= 0.6 is 12.2 Å². The lowest BCUT2D eigenvalue weighted by Gasteiger charge is -2.16. The zero-order chi connectivity index (χ0) is 16.4. The summed E-state index contributed by atoms with van der Waals surface area (Å²) in [5.41, 5.74) is 1.20. The molecule has 1 heterocycles. The molecule has 1 fully saturated rings. The van der Waals surface area contributed by atoms with Crippen molar-refractivity contribution in [3.63, 3.8) is 0 Å². The van der Waals surface area contributed by atoms with Gasteiger partial charge in [0.15, 0.2) is 10.6 Å². The zero-order valence-electron chi connectivity index (χ0n) is 13.5. The number of aromatic nitrogens is 3. The van der Waals surface area contributed by atoms with Crippen LogP contribution in [0.15, 0.2) is 24.3 Å². The molecule has 1 saturated carbocycles. The summed E-state index contributed by atoms with van der Waals surface area (Å²) in [5, 5.41) is 13.9. The number of hydrogen-bond donors (Lipinski definition) is 1. The van der Waals surface area contributed by atoms with E-state index >= 15 is 0 Å². The molecule has 1 aliphatic carbocycles. The fourth-order valence-electron chi connectivity index (χ4n) is 2.69. The fourth-order valence-corrected chi connectivity index (χ4v) is 3.04. The Morgan fingerprint density at radius 2 is 2.04 bits per heavy atom. The highest BCUT2D eigenvalue weighted by atomic mass is 32.1. The molecule has 0 aliphatic heterocycles. The standard InChI is InChI=1S/C16H22N4O2S/c1-18(9-12-3-7-14(22-2)8-4-12)11-19-16(23)20(13-5-6-13)15(10-21)17-19/h3-4,7-8,13,21H,5-6,9-11H2,1-2H3. The van der Waals surface area contributed by atoms with Crippen molar-refractivity contribution in [2.45, 2.75) is 38.7 Å². The monoisotopic (exact) mass is 334 g/mol. The molecule has 2 aromatic rings. The van der Waals surface area contributed by atoms with Crippen LogP contribution in [-0.2, 0) is 19.8 Å². The predicted octanol–water partition coefficient (Wildman–Crippen LogP) is 2.34. The number of benzene rings is 1. The summed E-state index contributed by atoms with van der Waals surface area (Å²) in [6, 6.07) is 8.44. The van der Waals surface area contributed by atoms with Crippen molar-refractivity contribution in [3.05, 3.63) is 40.4 Å². The molecule has 3 rings (SSSR count). The number of ether oxygens (including phenoxy) is 1. The van der Waals surface area contributed by atoms with Gasteiger partial charge in [-0.3, -0.25) is 9.47 Å². The van der Waals surface area contributed by atoms with Gasteiger partial charge in [-0.15, -0.1) is 0 Å². The van der Waals surface area contributed by atoms with Gasteiger partial charge in [0.1, 0.15) is 12.4 Å². The molecule has 23 heavy (non-hydrogen) atoms. The lowest BCUT2D eigenvalue weighted by molar-refractivity contribution is 0.238. The predicted molar refractivity (Wildman–Crippen MR) is 89.7 cm³/mol. The third kappa shape index (κ3) is 3.63. The molecule has 0 bridgehead atoms. The first-order valence-electron chi connectivity index (χ1n) is 7.73. The number of hydrogen-bond acceptors (Lipinski definition) is 5. The van der Waals surface area contributed by atoms with Crippen LogP contribution in [0.2, 0.25) is 0 Å². The minimum absolute atomic E-state index is 0.0741. The third-order valence-electron chi connectivity index (χ3n) is 3.98. The first-order chi connectivity index (χ1) is 11.1. The number of methoxy groups -OCH3 is 1. The molecule has 0 saturated heterocycles. The summed E-state index contributed by atoms with van der Waals surface area (Å²) in [6.07, 6.45) is 2.24. The third-order valence-corrected chi connectivity index (χ3v) is 4.39. The second kappa shape index (κ2) is 6.82. The molecule has 1 aromatic heterocycles. The maximum absolute atomic E-state index is 9.48. The van der Waals surface area contributed by atoms with Crippen LogP contribution < -0.4 is 4.74 Å². The normalized spacial score (nSPS) is 14.4. The van der Waals surface area contributed by atoms with Gasteiger partial charge in [-0.25, -0.2) is 4.68 Å². The van der Waals surface area contributed by atoms with Gasteiger partial charge in [-0.2, -0.15) is 5.10 Å². The Kier molecular flexibility index (Phi) is 4.79. The molecule has 124 valence electrons. The van der Waals surface area contributed by atoms with Gasteiger partial charge < -0.3 is 9.84 Å². The summed E-state index contributed by atoms with van der Waals surface area (Å²) in [7, 11) is 3.69. The molecular formula is C16H22N4O2S. The summed E-state index contributed by atoms with van der Waals surface area (Å²) >= 11 is 5.52. The van der Waals surface area contributed by atoms with E-state index in [0.717, 1.165) is 25.1 Å². The van der Waals surface area contributed by atoms with Gasteiger partial charge in [0.05, 0.1) is 13.8 Å². The first kappa shape index (κ1) is 16.2. The maximum atomic E-state index is 9.48. The highest BCUT2D eigenvalue weighted by Gasteiger charge is 2.28. The molecule has 0 radical (unpaired) electrons. The van der Waals surface area contributed by atoms with Crippen molar-refractivity contribution in [2.24, 2.45) is 0 Å². The fraction of sp³-hybridized carbons (Fsp3) is 0.500. The van der Waals surface area contributed by atoms with Crippen LogP contribution in [0.4, 0.5) is 0 Å². The molecule has 0 amide bonds. The average Bonchev–Trinajstić information content (AvgIpc) is 3.34. The van der Waals surface area contributed by atoms with Crippen LogP contribution in [0.5, 0.6) is 5.75 Å². The minimum atomic E-state index is -0.0741. The highest BCUT2D eigenvalue weighted by Crippen LogP contribution is 2.36. The molecule has 0 unspecified atom stereocenters. The smallest absolute Gasteiger partial charge is 0.199 e. The summed E-state index contributed by atoms with van der Waals surface area (Å²) < 4.78 is 9.66. The first-order valence-corrected chi connectivity index (χ1v) is 8.13. The zero-order valence-corrected chi connectivity index (χ0v) is 14.3. The van der Waals surface area contributed by atoms with E-state index in [0.29, 0.717) is 23.3 Å². The van der Waals surface area contributed by atoms with Crippen LogP contribution in [0.3, 0.4) is 0 Å². The molecule has 6 nitrogen and oxygen atoms in total. The summed E-state index contributed by atoms with van der Waals surface area (Å²) in [5.74, 6) is 1.52. The van der Waals surface area contributed by atoms with E-state index < -0.39 is 0 Å². The topological polar surface area (TPSA) is 55.4 Å². The van der Waals surface area contributed by atoms with Gasteiger partial charge in [-0.05, 0) is 49.8 Å². The molecular weight excluding hydrogens is 312 g/mol. The number of aliphatic hydroxyl groups excluding tert-OH is 1. The van der Waals surface area contributed by atoms with Crippen LogP contribution in [0.25, 0.3) is 0 Å². The Morgan fingerprint density at radius 1 is 1.35 bits per heavy atom. The Bertz CT molecular complexity index is 719. The van der Waals surface area contributed by atoms with E-state index in [9.17, 15) is 5.11 Å². The Balaban J connectivity index is 1.69. The maximum Gasteiger partial charge on any atom is 0.199 e. The molecule has 0 atom stereocenters. The van der Waals surface area contributed by atoms with Gasteiger partial charge in [-0.1, -0.05) is 12.1 Å². The van der Waals surface area contributed by atoms with Crippen molar-refractivity contribution < 1.29 is 9.84 Å². The van der Waals surface area contributed by atoms with E-state index in [1.165, 1.54) is 5.56 Å². The van der Waals surface area contributed by atoms with Crippen LogP contribution in [0, 0.1) is 4.77 Å². The van der Waals surface area contributed by atoms with E-state index in [-0.39, 0.29) is 6.61 Å². The van der Waals surface area contributed by atoms with E-state index in [1.54, 1.807) is 11.8 Å². The number of nitrogens with zero attached hydrogens (tertiary/aromatic N) is 4. The van der Waals surface area contributed by atoms with E-state index in [1.807, 2.05) is 23.7 Å². The van der Waals surface area contributed by atoms with Crippen LogP contribution in [-0.4, -0.2) is 38.5 Å².